The zero-order valence-electron chi connectivity index (χ0n) is 50.8. The van der Waals surface area contributed by atoms with E-state index in [9.17, 15) is 67.7 Å². The van der Waals surface area contributed by atoms with E-state index in [2.05, 4.69) is 58.2 Å². The number of nitrogens with zero attached hydrogens (tertiary/aromatic N) is 1. The average Bonchev–Trinajstić information content (AvgIpc) is 3.60. The van der Waals surface area contributed by atoms with Gasteiger partial charge in [-0.25, -0.2) is 4.79 Å². The van der Waals surface area contributed by atoms with Gasteiger partial charge in [0.2, 0.25) is 59.1 Å². The van der Waals surface area contributed by atoms with Crippen molar-refractivity contribution in [3.8, 4) is 0 Å². The van der Waals surface area contributed by atoms with Gasteiger partial charge < -0.3 is 79.6 Å². The number of amidine groups is 1. The Hall–Kier alpha value is -7.59. The van der Waals surface area contributed by atoms with E-state index in [0.29, 0.717) is 31.5 Å². The quantitative estimate of drug-likeness (QED) is 0.0151. The molecular weight excluding hydrogens is 1110 g/mol. The maximum Gasteiger partial charge on any atom is 0.329 e. The third-order valence-electron chi connectivity index (χ3n) is 15.0. The number of aliphatic hydroxyl groups excluding tert-OH is 2. The predicted octanol–water partition coefficient (Wildman–Crippen LogP) is -2.71. The summed E-state index contributed by atoms with van der Waals surface area (Å²) in [5.74, 6) is -12.7. The summed E-state index contributed by atoms with van der Waals surface area (Å²) in [6, 6.07) is -4.70. The van der Waals surface area contributed by atoms with E-state index in [4.69, 9.17) is 16.2 Å². The number of primary amides is 1. The normalized spacial score (nSPS) is 21.4. The van der Waals surface area contributed by atoms with E-state index in [1.807, 2.05) is 30.3 Å². The molecule has 1 aliphatic rings. The van der Waals surface area contributed by atoms with Gasteiger partial charge in [-0.05, 0) is 76.8 Å². The number of Topliss-reactive ketones (excluding diaryl/α,β-unsaturated/α-hetero) is 1. The smallest absolute Gasteiger partial charge is 0.329 e. The minimum absolute atomic E-state index is 0.108. The number of benzene rings is 1. The van der Waals surface area contributed by atoms with E-state index in [1.165, 1.54) is 20.8 Å². The first-order chi connectivity index (χ1) is 40.1. The maximum absolute atomic E-state index is 14.0. The molecule has 28 heteroatoms. The Balaban J connectivity index is 2.30. The molecule has 1 fully saturated rings. The second-order valence-electron chi connectivity index (χ2n) is 21.9. The molecule has 1 aromatic carbocycles. The van der Waals surface area contributed by atoms with Crippen molar-refractivity contribution in [2.45, 2.75) is 194 Å². The summed E-state index contributed by atoms with van der Waals surface area (Å²) in [6.07, 6.45) is -0.960. The van der Waals surface area contributed by atoms with Crippen molar-refractivity contribution < 1.29 is 72.5 Å². The number of esters is 1. The summed E-state index contributed by atoms with van der Waals surface area (Å²) >= 11 is 0. The molecule has 85 heavy (non-hydrogen) atoms. The van der Waals surface area contributed by atoms with Crippen LogP contribution in [0.5, 0.6) is 0 Å². The summed E-state index contributed by atoms with van der Waals surface area (Å²) < 4.78 is 5.73. The molecule has 0 unspecified atom stereocenters. The molecule has 1 heterocycles. The Morgan fingerprint density at radius 1 is 0.682 bits per heavy atom. The number of hydrogen-bond donors (Lipinski definition) is 14. The molecule has 0 aromatic heterocycles. The zero-order chi connectivity index (χ0) is 64.2. The lowest BCUT2D eigenvalue weighted by molar-refractivity contribution is -0.157. The van der Waals surface area contributed by atoms with Crippen LogP contribution < -0.4 is 64.6 Å². The second-order valence-corrected chi connectivity index (χ2v) is 21.9. The number of ether oxygens (including phenoxy) is 1. The Morgan fingerprint density at radius 2 is 1.21 bits per heavy atom. The number of ketones is 1. The number of nitrogens with one attached hydrogen (secondary N) is 10. The van der Waals surface area contributed by atoms with Gasteiger partial charge in [-0.1, -0.05) is 98.1 Å². The standard InChI is InChI=1S/C57H93N13O15/c1-12-29(4)44(55(82)66-41(28-72)54(81)70-47-34(9)85-57(84)46(31(6)14-3)69-51(78)37(21-18-24-61-35(10)58)63-48(75)32(7)25-42(47)73)67-49(76)33(8)62-50(77)38(22-23-43(59)74)64-53(80)40(27-71)65-56(83)45(30(5)13-2)68-52(79)39(60-11)26-36-19-16-15-17-20-36/h15-17,19-20,29-34,37-41,44-47,60,71-72H,12-14,18,21-28H2,1-11H3,(H2,58,61)(H2,59,74)(H,62,77)(H,63,75)(H,64,80)(H,65,83)(H,66,82)(H,67,76)(H,68,79)(H,69,78)(H,70,81)/t29-,30-,31-,32+,33+,34-,37-,38+,39+,40-,41-,44-,45-,46-,47+/m0/s1. The Bertz CT molecular complexity index is 2480. The number of carbonyl (C=O) groups excluding carboxylic acids is 12. The molecule has 0 bridgehead atoms. The van der Waals surface area contributed by atoms with E-state index in [-0.39, 0.29) is 19.4 Å². The van der Waals surface area contributed by atoms with Crippen molar-refractivity contribution in [3.05, 3.63) is 35.9 Å². The highest BCUT2D eigenvalue weighted by molar-refractivity contribution is 5.99. The number of nitrogens with two attached hydrogens (primary N) is 2. The third-order valence-corrected chi connectivity index (χ3v) is 15.0. The number of rotatable bonds is 32. The average molecular weight is 1200 g/mol. The summed E-state index contributed by atoms with van der Waals surface area (Å²) in [5, 5.41) is 46.4. The van der Waals surface area contributed by atoms with Crippen LogP contribution >= 0.6 is 0 Å². The molecule has 2 rings (SSSR count). The van der Waals surface area contributed by atoms with Gasteiger partial charge in [0, 0.05) is 25.3 Å². The highest BCUT2D eigenvalue weighted by atomic mass is 16.5. The molecule has 0 saturated carbocycles. The number of hydrogen-bond acceptors (Lipinski definition) is 17. The van der Waals surface area contributed by atoms with Crippen molar-refractivity contribution in [1.29, 1.82) is 0 Å². The lowest BCUT2D eigenvalue weighted by Crippen LogP contribution is -2.62. The molecule has 0 aliphatic carbocycles. The lowest BCUT2D eigenvalue weighted by Gasteiger charge is -2.30. The SMILES string of the molecule is CC[C@H](C)[C@H](NC(=O)[C@@H](C)NC(=O)[C@@H](CCC(N)=O)NC(=O)[C@H](CO)NC(=O)[C@@H](NC(=O)[C@@H](Cc1ccccc1)NC)[C@@H](C)CC)C(=O)N[C@@H](CO)C(=O)N[C@H]1C(=O)C[C@@H](C)C(=O)N[C@@H](CCCN=C(C)N)C(=O)N[C@@H]([C@@H](C)CC)C(=O)O[C@H]1C. The van der Waals surface area contributed by atoms with Crippen LogP contribution in [0.2, 0.25) is 0 Å². The Labute approximate surface area is 497 Å². The summed E-state index contributed by atoms with van der Waals surface area (Å²) in [4.78, 5) is 168. The second kappa shape index (κ2) is 37.0. The number of aliphatic hydroxyl groups is 2. The van der Waals surface area contributed by atoms with Crippen LogP contribution in [0.25, 0.3) is 0 Å². The van der Waals surface area contributed by atoms with Crippen molar-refractivity contribution in [3.63, 3.8) is 0 Å². The Kier molecular flexibility index (Phi) is 32.0. The van der Waals surface area contributed by atoms with Gasteiger partial charge >= 0.3 is 5.97 Å². The molecule has 476 valence electrons. The van der Waals surface area contributed by atoms with Crippen LogP contribution in [0.15, 0.2) is 35.3 Å². The van der Waals surface area contributed by atoms with Gasteiger partial charge in [-0.2, -0.15) is 0 Å². The summed E-state index contributed by atoms with van der Waals surface area (Å²) in [5.41, 5.74) is 11.9. The van der Waals surface area contributed by atoms with Crippen LogP contribution in [0.4, 0.5) is 0 Å². The summed E-state index contributed by atoms with van der Waals surface area (Å²) in [7, 11) is 1.59. The molecule has 1 aromatic rings. The number of carbonyl (C=O) groups is 12. The Morgan fingerprint density at radius 3 is 1.73 bits per heavy atom. The van der Waals surface area contributed by atoms with Crippen molar-refractivity contribution in [2.24, 2.45) is 40.1 Å². The maximum atomic E-state index is 14.0. The van der Waals surface area contributed by atoms with Crippen molar-refractivity contribution in [2.75, 3.05) is 26.8 Å². The highest BCUT2D eigenvalue weighted by Crippen LogP contribution is 2.18. The van der Waals surface area contributed by atoms with E-state index in [0.717, 1.165) is 5.56 Å². The fourth-order valence-electron chi connectivity index (χ4n) is 8.85. The van der Waals surface area contributed by atoms with Crippen LogP contribution in [0.3, 0.4) is 0 Å². The molecule has 0 radical (unpaired) electrons. The van der Waals surface area contributed by atoms with Gasteiger partial charge in [0.25, 0.3) is 0 Å². The monoisotopic (exact) mass is 1200 g/mol. The van der Waals surface area contributed by atoms with E-state index >= 15 is 0 Å². The van der Waals surface area contributed by atoms with E-state index < -0.39 is 193 Å². The first kappa shape index (κ1) is 73.5. The van der Waals surface area contributed by atoms with Crippen LogP contribution in [0, 0.1) is 23.7 Å². The molecule has 1 saturated heterocycles. The number of aliphatic imine (C=N–C) groups is 1. The van der Waals surface area contributed by atoms with Crippen LogP contribution in [0.1, 0.15) is 126 Å². The molecule has 10 amide bonds. The molecule has 15 atom stereocenters. The minimum atomic E-state index is -1.79. The lowest BCUT2D eigenvalue weighted by atomic mass is 9.95. The van der Waals surface area contributed by atoms with Gasteiger partial charge in [0.05, 0.1) is 25.1 Å². The number of cyclic esters (lactones) is 1. The van der Waals surface area contributed by atoms with Crippen molar-refractivity contribution in [1.82, 2.24) is 53.2 Å². The minimum Gasteiger partial charge on any atom is -0.458 e. The first-order valence-corrected chi connectivity index (χ1v) is 29.0. The van der Waals surface area contributed by atoms with Crippen molar-refractivity contribution >= 4 is 76.7 Å². The zero-order valence-corrected chi connectivity index (χ0v) is 50.8. The molecule has 1 aliphatic heterocycles. The summed E-state index contributed by atoms with van der Waals surface area (Å²) in [6.45, 7) is 14.1. The number of amides is 10. The molecule has 28 nitrogen and oxygen atoms in total. The number of likely N-dealkylation sites (N-methyl/N-ethyl adjacent to an activating group) is 1. The third kappa shape index (κ3) is 24.1. The molecular formula is C57H93N13O15. The predicted molar refractivity (Wildman–Crippen MR) is 313 cm³/mol. The van der Waals surface area contributed by atoms with Gasteiger partial charge in [-0.15, -0.1) is 0 Å². The van der Waals surface area contributed by atoms with E-state index in [1.54, 1.807) is 55.5 Å². The molecule has 0 spiro atoms. The first-order valence-electron chi connectivity index (χ1n) is 29.0. The topological polar surface area (TPSA) is 439 Å². The largest absolute Gasteiger partial charge is 0.458 e. The van der Waals surface area contributed by atoms with Gasteiger partial charge in [0.1, 0.15) is 60.5 Å². The van der Waals surface area contributed by atoms with Gasteiger partial charge in [-0.3, -0.25) is 57.7 Å². The van der Waals surface area contributed by atoms with Crippen LogP contribution in [-0.4, -0.2) is 180 Å². The molecule has 16 N–H and O–H groups in total. The fraction of sp³-hybridized carbons (Fsp3) is 0.667. The highest BCUT2D eigenvalue weighted by Gasteiger charge is 2.40. The van der Waals surface area contributed by atoms with Gasteiger partial charge in [0.15, 0.2) is 5.78 Å². The fourth-order valence-corrected chi connectivity index (χ4v) is 8.85. The van der Waals surface area contributed by atoms with Crippen LogP contribution in [-0.2, 0) is 68.7 Å².